The summed E-state index contributed by atoms with van der Waals surface area (Å²) in [6.07, 6.45) is 0.337. The minimum atomic E-state index is -0.444. The molecule has 0 atom stereocenters. The average Bonchev–Trinajstić information content (AvgIpc) is 2.56. The van der Waals surface area contributed by atoms with Crippen LogP contribution < -0.4 is 5.32 Å². The summed E-state index contributed by atoms with van der Waals surface area (Å²) in [4.78, 5) is 23.4. The molecule has 0 bridgehead atoms. The molecule has 22 heavy (non-hydrogen) atoms. The van der Waals surface area contributed by atoms with E-state index in [0.717, 1.165) is 5.56 Å². The number of nitrogens with one attached hydrogen (secondary N) is 1. The monoisotopic (exact) mass is 294 g/mol. The van der Waals surface area contributed by atoms with Crippen molar-refractivity contribution >= 4 is 17.6 Å². The Hall–Kier alpha value is -3.13. The average molecular weight is 294 g/mol. The molecule has 0 unspecified atom stereocenters. The second-order valence-electron chi connectivity index (χ2n) is 4.55. The summed E-state index contributed by atoms with van der Waals surface area (Å²) in [5.41, 5.74) is 2.36. The predicted molar refractivity (Wildman–Crippen MR) is 81.5 cm³/mol. The number of ether oxygens (including phenoxy) is 1. The van der Waals surface area contributed by atoms with E-state index in [9.17, 15) is 9.59 Å². The first-order valence-electron chi connectivity index (χ1n) is 6.59. The number of hydrogen-bond donors (Lipinski definition) is 1. The zero-order chi connectivity index (χ0) is 15.9. The van der Waals surface area contributed by atoms with Crippen LogP contribution in [0, 0.1) is 11.3 Å². The summed E-state index contributed by atoms with van der Waals surface area (Å²) in [5, 5.41) is 11.4. The summed E-state index contributed by atoms with van der Waals surface area (Å²) < 4.78 is 4.60. The Morgan fingerprint density at radius 1 is 1.05 bits per heavy atom. The standard InChI is InChI=1S/C17H14N2O3/c1-22-17(21)14-6-4-13(5-7-14)16(20)19-15-8-2-12(3-9-15)10-11-18/h2-9H,10H2,1H3,(H,19,20). The molecule has 2 aromatic rings. The molecule has 2 rings (SSSR count). The van der Waals surface area contributed by atoms with Gasteiger partial charge in [0.2, 0.25) is 0 Å². The second-order valence-corrected chi connectivity index (χ2v) is 4.55. The number of carbonyl (C=O) groups is 2. The zero-order valence-corrected chi connectivity index (χ0v) is 12.0. The van der Waals surface area contributed by atoms with Gasteiger partial charge in [-0.2, -0.15) is 5.26 Å². The van der Waals surface area contributed by atoms with Crippen molar-refractivity contribution < 1.29 is 14.3 Å². The van der Waals surface area contributed by atoms with Crippen LogP contribution in [0.4, 0.5) is 5.69 Å². The molecule has 0 aliphatic heterocycles. The number of nitrogens with zero attached hydrogens (tertiary/aromatic N) is 1. The fourth-order valence-corrected chi connectivity index (χ4v) is 1.88. The highest BCUT2D eigenvalue weighted by molar-refractivity contribution is 6.04. The quantitative estimate of drug-likeness (QED) is 0.879. The van der Waals surface area contributed by atoms with Crippen molar-refractivity contribution in [2.45, 2.75) is 6.42 Å². The third kappa shape index (κ3) is 3.70. The molecule has 0 fully saturated rings. The van der Waals surface area contributed by atoms with Gasteiger partial charge in [0.25, 0.3) is 5.91 Å². The number of hydrogen-bond acceptors (Lipinski definition) is 4. The lowest BCUT2D eigenvalue weighted by Crippen LogP contribution is -2.12. The van der Waals surface area contributed by atoms with E-state index < -0.39 is 5.97 Å². The Morgan fingerprint density at radius 2 is 1.64 bits per heavy atom. The van der Waals surface area contributed by atoms with Crippen LogP contribution in [0.25, 0.3) is 0 Å². The van der Waals surface area contributed by atoms with Gasteiger partial charge in [0, 0.05) is 11.3 Å². The molecule has 0 radical (unpaired) electrons. The van der Waals surface area contributed by atoms with Crippen LogP contribution in [0.15, 0.2) is 48.5 Å². The van der Waals surface area contributed by atoms with Gasteiger partial charge in [-0.25, -0.2) is 4.79 Å². The summed E-state index contributed by atoms with van der Waals surface area (Å²) in [5.74, 6) is -0.718. The fraction of sp³-hybridized carbons (Fsp3) is 0.118. The molecule has 5 heteroatoms. The van der Waals surface area contributed by atoms with Crippen molar-refractivity contribution in [3.63, 3.8) is 0 Å². The van der Waals surface area contributed by atoms with Crippen LogP contribution in [-0.4, -0.2) is 19.0 Å². The van der Waals surface area contributed by atoms with Gasteiger partial charge in [0.1, 0.15) is 0 Å². The van der Waals surface area contributed by atoms with Crippen molar-refractivity contribution in [1.29, 1.82) is 5.26 Å². The topological polar surface area (TPSA) is 79.2 Å². The minimum Gasteiger partial charge on any atom is -0.465 e. The Bertz CT molecular complexity index is 713. The molecule has 0 spiro atoms. The molecule has 0 heterocycles. The number of benzene rings is 2. The van der Waals surface area contributed by atoms with Crippen LogP contribution in [0.2, 0.25) is 0 Å². The van der Waals surface area contributed by atoms with Gasteiger partial charge in [-0.1, -0.05) is 12.1 Å². The molecule has 1 amide bonds. The van der Waals surface area contributed by atoms with E-state index in [1.807, 2.05) is 0 Å². The van der Waals surface area contributed by atoms with Crippen LogP contribution in [0.5, 0.6) is 0 Å². The molecule has 0 saturated carbocycles. The summed E-state index contributed by atoms with van der Waals surface area (Å²) >= 11 is 0. The molecule has 2 aromatic carbocycles. The Labute approximate surface area is 128 Å². The second kappa shape index (κ2) is 7.04. The smallest absolute Gasteiger partial charge is 0.337 e. The Kier molecular flexibility index (Phi) is 4.89. The van der Waals surface area contributed by atoms with Crippen LogP contribution in [0.3, 0.4) is 0 Å². The number of methoxy groups -OCH3 is 1. The molecule has 0 aliphatic rings. The molecule has 5 nitrogen and oxygen atoms in total. The number of carbonyl (C=O) groups excluding carboxylic acids is 2. The lowest BCUT2D eigenvalue weighted by molar-refractivity contribution is 0.0600. The maximum absolute atomic E-state index is 12.1. The Morgan fingerprint density at radius 3 is 2.18 bits per heavy atom. The minimum absolute atomic E-state index is 0.274. The zero-order valence-electron chi connectivity index (χ0n) is 12.0. The van der Waals surface area contributed by atoms with E-state index in [1.165, 1.54) is 19.2 Å². The largest absolute Gasteiger partial charge is 0.465 e. The highest BCUT2D eigenvalue weighted by Crippen LogP contribution is 2.12. The number of rotatable bonds is 4. The highest BCUT2D eigenvalue weighted by Gasteiger charge is 2.09. The Balaban J connectivity index is 2.05. The van der Waals surface area contributed by atoms with E-state index in [-0.39, 0.29) is 5.91 Å². The van der Waals surface area contributed by atoms with E-state index >= 15 is 0 Å². The van der Waals surface area contributed by atoms with Crippen LogP contribution >= 0.6 is 0 Å². The van der Waals surface area contributed by atoms with Crippen molar-refractivity contribution in [1.82, 2.24) is 0 Å². The van der Waals surface area contributed by atoms with Crippen molar-refractivity contribution in [2.24, 2.45) is 0 Å². The fourth-order valence-electron chi connectivity index (χ4n) is 1.88. The van der Waals surface area contributed by atoms with E-state index in [1.54, 1.807) is 36.4 Å². The number of amides is 1. The third-order valence-corrected chi connectivity index (χ3v) is 3.06. The van der Waals surface area contributed by atoms with Gasteiger partial charge >= 0.3 is 5.97 Å². The normalized spacial score (nSPS) is 9.64. The summed E-state index contributed by atoms with van der Waals surface area (Å²) in [7, 11) is 1.30. The van der Waals surface area contributed by atoms with E-state index in [2.05, 4.69) is 16.1 Å². The molecule has 110 valence electrons. The lowest BCUT2D eigenvalue weighted by atomic mass is 10.1. The summed E-state index contributed by atoms with van der Waals surface area (Å²) in [6, 6.07) is 15.3. The summed E-state index contributed by atoms with van der Waals surface area (Å²) in [6.45, 7) is 0. The maximum Gasteiger partial charge on any atom is 0.337 e. The molecule has 0 aromatic heterocycles. The van der Waals surface area contributed by atoms with Gasteiger partial charge in [-0.3, -0.25) is 4.79 Å². The van der Waals surface area contributed by atoms with Gasteiger partial charge in [-0.05, 0) is 42.0 Å². The van der Waals surface area contributed by atoms with Crippen LogP contribution in [0.1, 0.15) is 26.3 Å². The number of anilines is 1. The molecular weight excluding hydrogens is 280 g/mol. The molecule has 0 aliphatic carbocycles. The van der Waals surface area contributed by atoms with Crippen LogP contribution in [-0.2, 0) is 11.2 Å². The number of esters is 1. The third-order valence-electron chi connectivity index (χ3n) is 3.06. The van der Waals surface area contributed by atoms with Crippen molar-refractivity contribution in [2.75, 3.05) is 12.4 Å². The number of nitriles is 1. The van der Waals surface area contributed by atoms with Crippen molar-refractivity contribution in [3.05, 3.63) is 65.2 Å². The first-order chi connectivity index (χ1) is 10.6. The highest BCUT2D eigenvalue weighted by atomic mass is 16.5. The maximum atomic E-state index is 12.1. The van der Waals surface area contributed by atoms with Gasteiger partial charge in [-0.15, -0.1) is 0 Å². The lowest BCUT2D eigenvalue weighted by Gasteiger charge is -2.06. The van der Waals surface area contributed by atoms with E-state index in [4.69, 9.17) is 5.26 Å². The van der Waals surface area contributed by atoms with Gasteiger partial charge in [0.05, 0.1) is 25.2 Å². The first kappa shape index (κ1) is 15.3. The van der Waals surface area contributed by atoms with Crippen molar-refractivity contribution in [3.8, 4) is 6.07 Å². The van der Waals surface area contributed by atoms with Gasteiger partial charge in [0.15, 0.2) is 0 Å². The predicted octanol–water partition coefficient (Wildman–Crippen LogP) is 2.79. The molecule has 0 saturated heterocycles. The first-order valence-corrected chi connectivity index (χ1v) is 6.59. The molecule has 1 N–H and O–H groups in total. The SMILES string of the molecule is COC(=O)c1ccc(C(=O)Nc2ccc(CC#N)cc2)cc1. The van der Waals surface area contributed by atoms with Gasteiger partial charge < -0.3 is 10.1 Å². The van der Waals surface area contributed by atoms with E-state index in [0.29, 0.717) is 23.2 Å². The molecular formula is C17H14N2O3.